The smallest absolute Gasteiger partial charge is 0.457 e. The molecule has 0 radical (unpaired) electrons. The van der Waals surface area contributed by atoms with E-state index < -0.39 is 12.3 Å². The van der Waals surface area contributed by atoms with E-state index in [2.05, 4.69) is 26.5 Å². The van der Waals surface area contributed by atoms with Gasteiger partial charge in [0.25, 0.3) is 5.91 Å². The first kappa shape index (κ1) is 22.4. The Morgan fingerprint density at radius 1 is 1.03 bits per heavy atom. The van der Waals surface area contributed by atoms with E-state index >= 15 is 0 Å². The minimum absolute atomic E-state index is 0.135. The van der Waals surface area contributed by atoms with Gasteiger partial charge in [-0.3, -0.25) is 4.79 Å². The maximum absolute atomic E-state index is 12.3. The largest absolute Gasteiger partial charge is 0.573 e. The van der Waals surface area contributed by atoms with Crippen LogP contribution in [0.1, 0.15) is 30.3 Å². The molecule has 1 saturated heterocycles. The van der Waals surface area contributed by atoms with Crippen molar-refractivity contribution in [1.82, 2.24) is 9.97 Å². The van der Waals surface area contributed by atoms with Crippen molar-refractivity contribution in [3.63, 3.8) is 0 Å². The highest BCUT2D eigenvalue weighted by atomic mass is 19.4. The van der Waals surface area contributed by atoms with Crippen LogP contribution in [0.2, 0.25) is 0 Å². The van der Waals surface area contributed by atoms with Gasteiger partial charge >= 0.3 is 6.36 Å². The third-order valence-electron chi connectivity index (χ3n) is 5.22. The number of nitrogens with zero attached hydrogens (tertiary/aromatic N) is 3. The summed E-state index contributed by atoms with van der Waals surface area (Å²) in [5, 5.41) is 0. The number of rotatable bonds is 6. The van der Waals surface area contributed by atoms with Crippen LogP contribution in [0.3, 0.4) is 0 Å². The second-order valence-corrected chi connectivity index (χ2v) is 7.63. The van der Waals surface area contributed by atoms with Crippen LogP contribution in [-0.2, 0) is 0 Å². The average Bonchev–Trinajstić information content (AvgIpc) is 3.20. The van der Waals surface area contributed by atoms with Gasteiger partial charge in [0.15, 0.2) is 0 Å². The number of amides is 1. The molecule has 7 nitrogen and oxygen atoms in total. The number of halogens is 3. The molecule has 33 heavy (non-hydrogen) atoms. The predicted molar refractivity (Wildman–Crippen MR) is 115 cm³/mol. The lowest BCUT2D eigenvalue weighted by Crippen LogP contribution is -2.29. The fraction of sp³-hybridized carbons (Fsp3) is 0.261. The molecule has 10 heteroatoms. The Balaban J connectivity index is 1.53. The fourth-order valence-electron chi connectivity index (χ4n) is 3.61. The zero-order valence-electron chi connectivity index (χ0n) is 17.7. The Bertz CT molecular complexity index is 1140. The normalized spacial score (nSPS) is 16.0. The molecular weight excluding hydrogens is 437 g/mol. The lowest BCUT2D eigenvalue weighted by molar-refractivity contribution is -0.274. The fourth-order valence-corrected chi connectivity index (χ4v) is 3.61. The average molecular weight is 458 g/mol. The summed E-state index contributed by atoms with van der Waals surface area (Å²) >= 11 is 0. The zero-order chi connectivity index (χ0) is 23.6. The lowest BCUT2D eigenvalue weighted by atomic mass is 10.1. The van der Waals surface area contributed by atoms with E-state index in [1.54, 1.807) is 30.3 Å². The number of ether oxygens (including phenoxy) is 2. The Hall–Kier alpha value is -3.82. The van der Waals surface area contributed by atoms with E-state index in [4.69, 9.17) is 10.5 Å². The van der Waals surface area contributed by atoms with Crippen LogP contribution in [0.4, 0.5) is 19.1 Å². The van der Waals surface area contributed by atoms with Crippen molar-refractivity contribution in [3.05, 3.63) is 60.3 Å². The molecule has 1 unspecified atom stereocenters. The van der Waals surface area contributed by atoms with Crippen molar-refractivity contribution in [2.45, 2.75) is 32.2 Å². The molecule has 172 valence electrons. The number of nitrogens with two attached hydrogens (primary N) is 1. The Kier molecular flexibility index (Phi) is 6.08. The lowest BCUT2D eigenvalue weighted by Gasteiger charge is -2.22. The van der Waals surface area contributed by atoms with Crippen LogP contribution in [0.15, 0.2) is 54.6 Å². The highest BCUT2D eigenvalue weighted by Gasteiger charge is 2.31. The molecule has 1 aliphatic heterocycles. The quantitative estimate of drug-likeness (QED) is 0.564. The number of aromatic nitrogens is 2. The van der Waals surface area contributed by atoms with E-state index in [1.807, 2.05) is 0 Å². The van der Waals surface area contributed by atoms with Gasteiger partial charge in [0.1, 0.15) is 22.9 Å². The molecule has 2 heterocycles. The van der Waals surface area contributed by atoms with Gasteiger partial charge in [-0.1, -0.05) is 0 Å². The summed E-state index contributed by atoms with van der Waals surface area (Å²) in [4.78, 5) is 22.8. The summed E-state index contributed by atoms with van der Waals surface area (Å²) < 4.78 is 46.4. The highest BCUT2D eigenvalue weighted by Crippen LogP contribution is 2.30. The van der Waals surface area contributed by atoms with Crippen molar-refractivity contribution in [1.29, 1.82) is 0 Å². The van der Waals surface area contributed by atoms with Gasteiger partial charge in [-0.15, -0.1) is 13.2 Å². The molecule has 0 saturated carbocycles. The van der Waals surface area contributed by atoms with Crippen LogP contribution in [-0.4, -0.2) is 34.8 Å². The molecule has 1 fully saturated rings. The van der Waals surface area contributed by atoms with Gasteiger partial charge in [-0.05, 0) is 74.4 Å². The summed E-state index contributed by atoms with van der Waals surface area (Å²) in [5.41, 5.74) is 6.89. The molecular formula is C23H21F3N4O3. The topological polar surface area (TPSA) is 90.6 Å². The molecule has 0 bridgehead atoms. The van der Waals surface area contributed by atoms with Gasteiger partial charge in [-0.2, -0.15) is 0 Å². The number of carbonyl (C=O) groups is 1. The molecule has 2 aromatic carbocycles. The molecule has 0 aliphatic carbocycles. The van der Waals surface area contributed by atoms with Gasteiger partial charge < -0.3 is 20.1 Å². The minimum Gasteiger partial charge on any atom is -0.457 e. The third kappa shape index (κ3) is 5.51. The van der Waals surface area contributed by atoms with Gasteiger partial charge in [0.2, 0.25) is 5.95 Å². The zero-order valence-corrected chi connectivity index (χ0v) is 17.7. The van der Waals surface area contributed by atoms with Crippen LogP contribution in [0, 0.1) is 0 Å². The van der Waals surface area contributed by atoms with Gasteiger partial charge in [-0.25, -0.2) is 9.97 Å². The Labute approximate surface area is 188 Å². The second kappa shape index (κ2) is 8.97. The third-order valence-corrected chi connectivity index (χ3v) is 5.22. The Morgan fingerprint density at radius 2 is 1.64 bits per heavy atom. The van der Waals surface area contributed by atoms with E-state index in [1.165, 1.54) is 24.3 Å². The second-order valence-electron chi connectivity index (χ2n) is 7.63. The number of hydrogen-bond acceptors (Lipinski definition) is 6. The van der Waals surface area contributed by atoms with Crippen LogP contribution in [0.5, 0.6) is 17.2 Å². The van der Waals surface area contributed by atoms with Crippen molar-refractivity contribution < 1.29 is 27.4 Å². The maximum Gasteiger partial charge on any atom is 0.573 e. The van der Waals surface area contributed by atoms with Crippen molar-refractivity contribution in [2.24, 2.45) is 5.73 Å². The van der Waals surface area contributed by atoms with Crippen molar-refractivity contribution in [3.8, 4) is 28.5 Å². The number of hydrogen-bond donors (Lipinski definition) is 1. The molecule has 4 rings (SSSR count). The standard InChI is InChI=1S/C23H21F3N4O3/c1-14-3-2-12-30(14)22-28-19(13-20(29-22)21(27)31)15-4-6-16(7-5-15)32-17-8-10-18(11-9-17)33-23(24,25)26/h4-11,13-14H,2-3,12H2,1H3,(H2,27,31). The highest BCUT2D eigenvalue weighted by molar-refractivity contribution is 5.92. The molecule has 1 aliphatic rings. The first-order chi connectivity index (χ1) is 15.7. The van der Waals surface area contributed by atoms with E-state index in [-0.39, 0.29) is 17.5 Å². The van der Waals surface area contributed by atoms with Gasteiger partial charge in [0, 0.05) is 18.2 Å². The molecule has 3 aromatic rings. The summed E-state index contributed by atoms with van der Waals surface area (Å²) in [6.45, 7) is 2.89. The number of primary amides is 1. The first-order valence-corrected chi connectivity index (χ1v) is 10.3. The minimum atomic E-state index is -4.75. The van der Waals surface area contributed by atoms with Crippen LogP contribution >= 0.6 is 0 Å². The molecule has 0 spiro atoms. The SMILES string of the molecule is CC1CCCN1c1nc(C(N)=O)cc(-c2ccc(Oc3ccc(OC(F)(F)F)cc3)cc2)n1. The number of carbonyl (C=O) groups excluding carboxylic acids is 1. The number of benzene rings is 2. The van der Waals surface area contributed by atoms with E-state index in [0.29, 0.717) is 23.1 Å². The Morgan fingerprint density at radius 3 is 2.18 bits per heavy atom. The maximum atomic E-state index is 12.3. The van der Waals surface area contributed by atoms with Gasteiger partial charge in [0.05, 0.1) is 5.69 Å². The summed E-state index contributed by atoms with van der Waals surface area (Å²) in [6.07, 6.45) is -2.70. The van der Waals surface area contributed by atoms with Crippen molar-refractivity contribution in [2.75, 3.05) is 11.4 Å². The predicted octanol–water partition coefficient (Wildman–Crippen LogP) is 4.92. The van der Waals surface area contributed by atoms with E-state index in [0.717, 1.165) is 24.9 Å². The number of alkyl halides is 3. The summed E-state index contributed by atoms with van der Waals surface area (Å²) in [5.74, 6) is 0.321. The van der Waals surface area contributed by atoms with Crippen molar-refractivity contribution >= 4 is 11.9 Å². The van der Waals surface area contributed by atoms with Crippen LogP contribution < -0.4 is 20.1 Å². The first-order valence-electron chi connectivity index (χ1n) is 10.3. The molecule has 1 aromatic heterocycles. The summed E-state index contributed by atoms with van der Waals surface area (Å²) in [7, 11) is 0. The molecule has 1 amide bonds. The van der Waals surface area contributed by atoms with Crippen LogP contribution in [0.25, 0.3) is 11.3 Å². The molecule has 2 N–H and O–H groups in total. The monoisotopic (exact) mass is 458 g/mol. The summed E-state index contributed by atoms with van der Waals surface area (Å²) in [6, 6.07) is 13.8. The van der Waals surface area contributed by atoms with E-state index in [9.17, 15) is 18.0 Å². The molecule has 1 atom stereocenters. The number of anilines is 1.